The highest BCUT2D eigenvalue weighted by molar-refractivity contribution is 7.14. The first-order valence-corrected chi connectivity index (χ1v) is 5.43. The quantitative estimate of drug-likeness (QED) is 0.464. The first-order valence-electron chi connectivity index (χ1n) is 4.08. The maximum Gasteiger partial charge on any atom is 0.344 e. The third kappa shape index (κ3) is 3.10. The maximum absolute atomic E-state index is 10.3. The zero-order valence-electron chi connectivity index (χ0n) is 7.54. The molecule has 1 aromatic rings. The molecule has 2 N–H and O–H groups in total. The van der Waals surface area contributed by atoms with Crippen LogP contribution >= 0.6 is 22.9 Å². The zero-order valence-corrected chi connectivity index (χ0v) is 9.11. The molecule has 0 saturated heterocycles. The van der Waals surface area contributed by atoms with Gasteiger partial charge in [0.15, 0.2) is 0 Å². The SMILES string of the molecule is O=[N+]([O-])c1cnc(C(O)C(O)CCCl)s1. The van der Waals surface area contributed by atoms with Gasteiger partial charge in [-0.1, -0.05) is 0 Å². The predicted octanol–water partition coefficient (Wildman–Crippen LogP) is 1.07. The smallest absolute Gasteiger partial charge is 0.344 e. The van der Waals surface area contributed by atoms with Crippen LogP contribution in [0.5, 0.6) is 0 Å². The van der Waals surface area contributed by atoms with Crippen LogP contribution in [0.15, 0.2) is 6.20 Å². The summed E-state index contributed by atoms with van der Waals surface area (Å²) in [5, 5.41) is 29.2. The van der Waals surface area contributed by atoms with Crippen LogP contribution in [0.4, 0.5) is 5.00 Å². The second-order valence-corrected chi connectivity index (χ2v) is 4.20. The first-order chi connectivity index (χ1) is 7.06. The van der Waals surface area contributed by atoms with Crippen molar-refractivity contribution in [3.63, 3.8) is 0 Å². The number of thiazole rings is 1. The van der Waals surface area contributed by atoms with Crippen LogP contribution in [0, 0.1) is 10.1 Å². The Morgan fingerprint density at radius 2 is 2.33 bits per heavy atom. The van der Waals surface area contributed by atoms with Gasteiger partial charge in [-0.05, 0) is 17.8 Å². The van der Waals surface area contributed by atoms with E-state index in [9.17, 15) is 20.3 Å². The summed E-state index contributed by atoms with van der Waals surface area (Å²) in [6.07, 6.45) is -1.01. The molecule has 0 fully saturated rings. The van der Waals surface area contributed by atoms with Crippen molar-refractivity contribution in [1.82, 2.24) is 4.98 Å². The fourth-order valence-electron chi connectivity index (χ4n) is 0.934. The molecule has 2 unspecified atom stereocenters. The van der Waals surface area contributed by atoms with Crippen molar-refractivity contribution in [2.45, 2.75) is 18.6 Å². The average Bonchev–Trinajstić information content (AvgIpc) is 2.65. The Morgan fingerprint density at radius 1 is 1.67 bits per heavy atom. The molecule has 2 atom stereocenters. The standard InChI is InChI=1S/C7H9ClN2O4S/c8-2-1-4(11)6(12)7-9-3-5(15-7)10(13)14/h3-4,6,11-12H,1-2H2. The van der Waals surface area contributed by atoms with Gasteiger partial charge in [-0.2, -0.15) is 0 Å². The van der Waals surface area contributed by atoms with E-state index in [-0.39, 0.29) is 22.3 Å². The van der Waals surface area contributed by atoms with Gasteiger partial charge in [0.1, 0.15) is 17.3 Å². The van der Waals surface area contributed by atoms with Crippen LogP contribution in [-0.2, 0) is 0 Å². The van der Waals surface area contributed by atoms with Crippen molar-refractivity contribution in [2.75, 3.05) is 5.88 Å². The fourth-order valence-corrected chi connectivity index (χ4v) is 1.94. The Balaban J connectivity index is 2.73. The molecule has 0 aromatic carbocycles. The molecule has 1 rings (SSSR count). The first kappa shape index (κ1) is 12.3. The molecule has 1 aromatic heterocycles. The molecule has 84 valence electrons. The van der Waals surface area contributed by atoms with E-state index in [0.717, 1.165) is 17.5 Å². The van der Waals surface area contributed by atoms with E-state index >= 15 is 0 Å². The van der Waals surface area contributed by atoms with Gasteiger partial charge in [-0.3, -0.25) is 10.1 Å². The van der Waals surface area contributed by atoms with Crippen LogP contribution in [0.1, 0.15) is 17.5 Å². The summed E-state index contributed by atoms with van der Waals surface area (Å²) in [6.45, 7) is 0. The fraction of sp³-hybridized carbons (Fsp3) is 0.571. The molecule has 0 aliphatic carbocycles. The maximum atomic E-state index is 10.3. The van der Waals surface area contributed by atoms with E-state index < -0.39 is 17.1 Å². The average molecular weight is 253 g/mol. The molecule has 1 heterocycles. The van der Waals surface area contributed by atoms with Crippen LogP contribution in [0.3, 0.4) is 0 Å². The topological polar surface area (TPSA) is 96.5 Å². The molecule has 0 aliphatic heterocycles. The predicted molar refractivity (Wildman–Crippen MR) is 55.1 cm³/mol. The van der Waals surface area contributed by atoms with E-state index in [1.165, 1.54) is 0 Å². The number of hydrogen-bond acceptors (Lipinski definition) is 6. The minimum Gasteiger partial charge on any atom is -0.390 e. The number of nitrogens with zero attached hydrogens (tertiary/aromatic N) is 2. The molecule has 0 spiro atoms. The second kappa shape index (κ2) is 5.36. The number of rotatable bonds is 5. The van der Waals surface area contributed by atoms with Crippen LogP contribution in [0.2, 0.25) is 0 Å². The van der Waals surface area contributed by atoms with Gasteiger partial charge in [0.05, 0.1) is 11.0 Å². The highest BCUT2D eigenvalue weighted by Gasteiger charge is 2.23. The van der Waals surface area contributed by atoms with E-state index in [1.54, 1.807) is 0 Å². The minimum absolute atomic E-state index is 0.124. The van der Waals surface area contributed by atoms with Crippen molar-refractivity contribution >= 4 is 27.9 Å². The lowest BCUT2D eigenvalue weighted by molar-refractivity contribution is -0.380. The molecule has 0 radical (unpaired) electrons. The Labute approximate surface area is 94.3 Å². The highest BCUT2D eigenvalue weighted by atomic mass is 35.5. The van der Waals surface area contributed by atoms with Gasteiger partial charge >= 0.3 is 5.00 Å². The summed E-state index contributed by atoms with van der Waals surface area (Å²) < 4.78 is 0. The summed E-state index contributed by atoms with van der Waals surface area (Å²) >= 11 is 6.13. The molecule has 0 bridgehead atoms. The molecular formula is C7H9ClN2O4S. The van der Waals surface area contributed by atoms with Crippen LogP contribution < -0.4 is 0 Å². The Kier molecular flexibility index (Phi) is 4.40. The summed E-state index contributed by atoms with van der Waals surface area (Å²) in [7, 11) is 0. The van der Waals surface area contributed by atoms with Crippen molar-refractivity contribution in [2.24, 2.45) is 0 Å². The number of halogens is 1. The second-order valence-electron chi connectivity index (χ2n) is 2.78. The normalized spacial score (nSPS) is 14.9. The Bertz CT molecular complexity index is 345. The minimum atomic E-state index is -1.22. The van der Waals surface area contributed by atoms with Gasteiger partial charge in [-0.25, -0.2) is 4.98 Å². The number of aliphatic hydroxyl groups excluding tert-OH is 2. The van der Waals surface area contributed by atoms with Gasteiger partial charge < -0.3 is 10.2 Å². The Morgan fingerprint density at radius 3 is 2.80 bits per heavy atom. The molecular weight excluding hydrogens is 244 g/mol. The monoisotopic (exact) mass is 252 g/mol. The Hall–Kier alpha value is -0.760. The molecule has 8 heteroatoms. The van der Waals surface area contributed by atoms with Gasteiger partial charge in [0, 0.05) is 5.88 Å². The van der Waals surface area contributed by atoms with E-state index in [2.05, 4.69) is 4.98 Å². The summed E-state index contributed by atoms with van der Waals surface area (Å²) in [4.78, 5) is 13.4. The largest absolute Gasteiger partial charge is 0.390 e. The molecule has 0 amide bonds. The van der Waals surface area contributed by atoms with Crippen molar-refractivity contribution < 1.29 is 15.1 Å². The summed E-state index contributed by atoms with van der Waals surface area (Å²) in [6, 6.07) is 0. The third-order valence-corrected chi connectivity index (χ3v) is 2.95. The van der Waals surface area contributed by atoms with Gasteiger partial charge in [-0.15, -0.1) is 11.6 Å². The highest BCUT2D eigenvalue weighted by Crippen LogP contribution is 2.28. The summed E-state index contributed by atoms with van der Waals surface area (Å²) in [5.41, 5.74) is 0. The molecule has 0 aliphatic rings. The van der Waals surface area contributed by atoms with E-state index in [0.29, 0.717) is 0 Å². The molecule has 15 heavy (non-hydrogen) atoms. The number of nitro groups is 1. The third-order valence-electron chi connectivity index (χ3n) is 1.71. The molecule has 0 saturated carbocycles. The number of aromatic nitrogens is 1. The van der Waals surface area contributed by atoms with Gasteiger partial charge in [0.2, 0.25) is 0 Å². The van der Waals surface area contributed by atoms with Gasteiger partial charge in [0.25, 0.3) is 0 Å². The molecule has 6 nitrogen and oxygen atoms in total. The van der Waals surface area contributed by atoms with Crippen molar-refractivity contribution in [3.05, 3.63) is 21.3 Å². The van der Waals surface area contributed by atoms with E-state index in [1.807, 2.05) is 0 Å². The lowest BCUT2D eigenvalue weighted by atomic mass is 10.2. The van der Waals surface area contributed by atoms with Crippen molar-refractivity contribution in [1.29, 1.82) is 0 Å². The number of hydrogen-bond donors (Lipinski definition) is 2. The van der Waals surface area contributed by atoms with Crippen LogP contribution in [-0.4, -0.2) is 32.1 Å². The lowest BCUT2D eigenvalue weighted by Crippen LogP contribution is -2.18. The summed E-state index contributed by atoms with van der Waals surface area (Å²) in [5.74, 6) is 0.200. The van der Waals surface area contributed by atoms with Crippen molar-refractivity contribution in [3.8, 4) is 0 Å². The number of aliphatic hydroxyl groups is 2. The lowest BCUT2D eigenvalue weighted by Gasteiger charge is -2.13. The zero-order chi connectivity index (χ0) is 11.4. The number of alkyl halides is 1. The van der Waals surface area contributed by atoms with E-state index in [4.69, 9.17) is 11.6 Å². The van der Waals surface area contributed by atoms with Crippen LogP contribution in [0.25, 0.3) is 0 Å².